The fourth-order valence-electron chi connectivity index (χ4n) is 1.56. The summed E-state index contributed by atoms with van der Waals surface area (Å²) < 4.78 is 5.31. The van der Waals surface area contributed by atoms with Gasteiger partial charge in [-0.2, -0.15) is 0 Å². The number of esters is 1. The molecule has 0 saturated carbocycles. The molecule has 0 amide bonds. The molecule has 0 fully saturated rings. The van der Waals surface area contributed by atoms with E-state index in [1.165, 1.54) is 13.2 Å². The molecule has 19 heavy (non-hydrogen) atoms. The summed E-state index contributed by atoms with van der Waals surface area (Å²) in [5.41, 5.74) is 0.695. The fourth-order valence-corrected chi connectivity index (χ4v) is 1.97. The maximum atomic E-state index is 10.9. The van der Waals surface area contributed by atoms with E-state index in [1.807, 2.05) is 0 Å². The third kappa shape index (κ3) is 5.35. The van der Waals surface area contributed by atoms with Gasteiger partial charge in [-0.05, 0) is 25.1 Å². The highest BCUT2D eigenvalue weighted by atomic mass is 79.9. The van der Waals surface area contributed by atoms with Crippen molar-refractivity contribution in [1.82, 2.24) is 5.32 Å². The van der Waals surface area contributed by atoms with Crippen LogP contribution in [-0.2, 0) is 16.1 Å². The predicted octanol–water partition coefficient (Wildman–Crippen LogP) is 2.40. The van der Waals surface area contributed by atoms with Crippen molar-refractivity contribution in [3.63, 3.8) is 0 Å². The van der Waals surface area contributed by atoms with Crippen LogP contribution in [0.1, 0.15) is 18.4 Å². The van der Waals surface area contributed by atoms with Crippen molar-refractivity contribution in [3.05, 3.63) is 38.3 Å². The molecular weight excluding hydrogens is 316 g/mol. The maximum absolute atomic E-state index is 10.9. The number of hydrogen-bond donors (Lipinski definition) is 1. The number of halogens is 1. The van der Waals surface area contributed by atoms with Crippen LogP contribution in [0.15, 0.2) is 22.7 Å². The standard InChI is InChI=1S/C12H15BrN2O4/c1-19-12(16)3-2-6-14-8-9-7-10(13)4-5-11(9)15(17)18/h4-5,7,14H,2-3,6,8H2,1H3. The summed E-state index contributed by atoms with van der Waals surface area (Å²) >= 11 is 3.28. The summed E-state index contributed by atoms with van der Waals surface area (Å²) in [4.78, 5) is 21.3. The van der Waals surface area contributed by atoms with Crippen LogP contribution in [0.4, 0.5) is 5.69 Å². The molecular formula is C12H15BrN2O4. The van der Waals surface area contributed by atoms with Crippen LogP contribution in [-0.4, -0.2) is 24.5 Å². The van der Waals surface area contributed by atoms with Crippen molar-refractivity contribution in [3.8, 4) is 0 Å². The SMILES string of the molecule is COC(=O)CCCNCc1cc(Br)ccc1[N+](=O)[O-]. The minimum absolute atomic E-state index is 0.0867. The van der Waals surface area contributed by atoms with Gasteiger partial charge in [0.2, 0.25) is 0 Å². The highest BCUT2D eigenvalue weighted by Gasteiger charge is 2.13. The summed E-state index contributed by atoms with van der Waals surface area (Å²) in [6.07, 6.45) is 0.971. The number of hydrogen-bond acceptors (Lipinski definition) is 5. The molecule has 0 radical (unpaired) electrons. The number of carbonyl (C=O) groups is 1. The van der Waals surface area contributed by atoms with Gasteiger partial charge >= 0.3 is 5.97 Å². The second-order valence-corrected chi connectivity index (χ2v) is 4.80. The van der Waals surface area contributed by atoms with Gasteiger partial charge in [-0.1, -0.05) is 15.9 Å². The van der Waals surface area contributed by atoms with Crippen LogP contribution in [0.3, 0.4) is 0 Å². The van der Waals surface area contributed by atoms with Gasteiger partial charge in [0.1, 0.15) is 0 Å². The largest absolute Gasteiger partial charge is 0.469 e. The van der Waals surface area contributed by atoms with Crippen LogP contribution in [0.25, 0.3) is 0 Å². The number of ether oxygens (including phenoxy) is 1. The third-order valence-corrected chi connectivity index (χ3v) is 3.01. The lowest BCUT2D eigenvalue weighted by Gasteiger charge is -2.06. The fraction of sp³-hybridized carbons (Fsp3) is 0.417. The lowest BCUT2D eigenvalue weighted by molar-refractivity contribution is -0.385. The van der Waals surface area contributed by atoms with E-state index < -0.39 is 4.92 Å². The van der Waals surface area contributed by atoms with Crippen molar-refractivity contribution >= 4 is 27.6 Å². The van der Waals surface area contributed by atoms with E-state index in [-0.39, 0.29) is 11.7 Å². The lowest BCUT2D eigenvalue weighted by atomic mass is 10.2. The number of carbonyl (C=O) groups excluding carboxylic acids is 1. The molecule has 0 bridgehead atoms. The second-order valence-electron chi connectivity index (χ2n) is 3.89. The number of nitro benzene ring substituents is 1. The lowest BCUT2D eigenvalue weighted by Crippen LogP contribution is -2.17. The minimum Gasteiger partial charge on any atom is -0.469 e. The molecule has 0 spiro atoms. The molecule has 0 unspecified atom stereocenters. The number of benzene rings is 1. The smallest absolute Gasteiger partial charge is 0.305 e. The number of methoxy groups -OCH3 is 1. The van der Waals surface area contributed by atoms with E-state index in [0.29, 0.717) is 31.5 Å². The first-order chi connectivity index (χ1) is 9.04. The molecule has 0 aliphatic rings. The Bertz CT molecular complexity index is 465. The quantitative estimate of drug-likeness (QED) is 0.359. The molecule has 1 aromatic carbocycles. The van der Waals surface area contributed by atoms with Crippen LogP contribution in [0, 0.1) is 10.1 Å². The average Bonchev–Trinajstić information content (AvgIpc) is 2.37. The first kappa shape index (κ1) is 15.6. The molecule has 1 N–H and O–H groups in total. The topological polar surface area (TPSA) is 81.5 Å². The Hall–Kier alpha value is -1.47. The molecule has 0 heterocycles. The van der Waals surface area contributed by atoms with Crippen molar-refractivity contribution in [2.45, 2.75) is 19.4 Å². The van der Waals surface area contributed by atoms with Gasteiger partial charge in [-0.15, -0.1) is 0 Å². The van der Waals surface area contributed by atoms with Crippen LogP contribution >= 0.6 is 15.9 Å². The molecule has 0 aromatic heterocycles. The molecule has 0 aliphatic carbocycles. The maximum Gasteiger partial charge on any atom is 0.305 e. The number of nitrogens with one attached hydrogen (secondary N) is 1. The van der Waals surface area contributed by atoms with E-state index >= 15 is 0 Å². The average molecular weight is 331 g/mol. The molecule has 0 atom stereocenters. The summed E-state index contributed by atoms with van der Waals surface area (Å²) in [6, 6.07) is 4.82. The van der Waals surface area contributed by atoms with Gasteiger partial charge in [0.15, 0.2) is 0 Å². The Kier molecular flexibility index (Phi) is 6.44. The summed E-state index contributed by atoms with van der Waals surface area (Å²) in [5.74, 6) is -0.254. The summed E-state index contributed by atoms with van der Waals surface area (Å²) in [5, 5.41) is 13.9. The predicted molar refractivity (Wildman–Crippen MR) is 73.8 cm³/mol. The minimum atomic E-state index is -0.405. The van der Waals surface area contributed by atoms with Crippen LogP contribution in [0.5, 0.6) is 0 Å². The van der Waals surface area contributed by atoms with E-state index in [0.717, 1.165) is 4.47 Å². The van der Waals surface area contributed by atoms with Crippen LogP contribution in [0.2, 0.25) is 0 Å². The first-order valence-corrected chi connectivity index (χ1v) is 6.54. The van der Waals surface area contributed by atoms with E-state index in [2.05, 4.69) is 26.0 Å². The summed E-state index contributed by atoms with van der Waals surface area (Å²) in [6.45, 7) is 0.982. The molecule has 0 saturated heterocycles. The van der Waals surface area contributed by atoms with E-state index in [4.69, 9.17) is 0 Å². The van der Waals surface area contributed by atoms with E-state index in [1.54, 1.807) is 12.1 Å². The zero-order valence-corrected chi connectivity index (χ0v) is 12.1. The third-order valence-electron chi connectivity index (χ3n) is 2.52. The van der Waals surface area contributed by atoms with Gasteiger partial charge in [0.05, 0.1) is 12.0 Å². The molecule has 6 nitrogen and oxygen atoms in total. The Morgan fingerprint density at radius 1 is 1.53 bits per heavy atom. The van der Waals surface area contributed by atoms with Crippen LogP contribution < -0.4 is 5.32 Å². The van der Waals surface area contributed by atoms with Crippen molar-refractivity contribution < 1.29 is 14.5 Å². The molecule has 1 rings (SSSR count). The molecule has 0 aliphatic heterocycles. The van der Waals surface area contributed by atoms with Crippen molar-refractivity contribution in [2.75, 3.05) is 13.7 Å². The highest BCUT2D eigenvalue weighted by Crippen LogP contribution is 2.22. The number of rotatable bonds is 7. The van der Waals surface area contributed by atoms with Gasteiger partial charge in [-0.3, -0.25) is 14.9 Å². The number of nitrogens with zero attached hydrogens (tertiary/aromatic N) is 1. The highest BCUT2D eigenvalue weighted by molar-refractivity contribution is 9.10. The monoisotopic (exact) mass is 330 g/mol. The summed E-state index contributed by atoms with van der Waals surface area (Å²) in [7, 11) is 1.35. The Morgan fingerprint density at radius 2 is 2.26 bits per heavy atom. The second kappa shape index (κ2) is 7.85. The van der Waals surface area contributed by atoms with Gasteiger partial charge in [0.25, 0.3) is 5.69 Å². The van der Waals surface area contributed by atoms with Gasteiger partial charge < -0.3 is 10.1 Å². The zero-order chi connectivity index (χ0) is 14.3. The number of nitro groups is 1. The van der Waals surface area contributed by atoms with Gasteiger partial charge in [-0.25, -0.2) is 0 Å². The molecule has 104 valence electrons. The van der Waals surface area contributed by atoms with Crippen molar-refractivity contribution in [1.29, 1.82) is 0 Å². The Balaban J connectivity index is 2.46. The molecule has 1 aromatic rings. The Labute approximate surface area is 119 Å². The first-order valence-electron chi connectivity index (χ1n) is 5.75. The van der Waals surface area contributed by atoms with Gasteiger partial charge in [0, 0.05) is 29.1 Å². The zero-order valence-electron chi connectivity index (χ0n) is 10.5. The molecule has 7 heteroatoms. The normalized spacial score (nSPS) is 10.2. The van der Waals surface area contributed by atoms with Crippen molar-refractivity contribution in [2.24, 2.45) is 0 Å². The van der Waals surface area contributed by atoms with E-state index in [9.17, 15) is 14.9 Å². The Morgan fingerprint density at radius 3 is 2.89 bits per heavy atom.